The molecule has 0 aromatic heterocycles. The SMILES string of the molecule is CC(C)CCN1CCN(CC2CCCCC2)CC1. The van der Waals surface area contributed by atoms with Crippen LogP contribution in [0.25, 0.3) is 0 Å². The molecule has 0 atom stereocenters. The summed E-state index contributed by atoms with van der Waals surface area (Å²) in [7, 11) is 0. The first-order valence-corrected chi connectivity index (χ1v) is 8.19. The summed E-state index contributed by atoms with van der Waals surface area (Å²) in [5, 5.41) is 0. The third kappa shape index (κ3) is 4.89. The highest BCUT2D eigenvalue weighted by atomic mass is 15.3. The van der Waals surface area contributed by atoms with Crippen LogP contribution in [0, 0.1) is 11.8 Å². The van der Waals surface area contributed by atoms with Crippen molar-refractivity contribution in [1.29, 1.82) is 0 Å². The summed E-state index contributed by atoms with van der Waals surface area (Å²) in [5.41, 5.74) is 0. The highest BCUT2D eigenvalue weighted by molar-refractivity contribution is 4.76. The van der Waals surface area contributed by atoms with Gasteiger partial charge in [0, 0.05) is 32.7 Å². The Hall–Kier alpha value is -0.0800. The lowest BCUT2D eigenvalue weighted by Gasteiger charge is -2.37. The van der Waals surface area contributed by atoms with Crippen LogP contribution in [0.2, 0.25) is 0 Å². The Morgan fingerprint density at radius 1 is 0.889 bits per heavy atom. The minimum Gasteiger partial charge on any atom is -0.301 e. The molecule has 1 aliphatic heterocycles. The predicted molar refractivity (Wildman–Crippen MR) is 78.9 cm³/mol. The second-order valence-corrected chi connectivity index (χ2v) is 6.83. The maximum Gasteiger partial charge on any atom is 0.0110 e. The molecule has 0 bridgehead atoms. The highest BCUT2D eigenvalue weighted by Gasteiger charge is 2.21. The average Bonchev–Trinajstić information content (AvgIpc) is 2.39. The van der Waals surface area contributed by atoms with Crippen molar-refractivity contribution in [3.05, 3.63) is 0 Å². The van der Waals surface area contributed by atoms with Crippen LogP contribution in [0.5, 0.6) is 0 Å². The summed E-state index contributed by atoms with van der Waals surface area (Å²) >= 11 is 0. The molecule has 0 unspecified atom stereocenters. The Morgan fingerprint density at radius 3 is 2.11 bits per heavy atom. The van der Waals surface area contributed by atoms with E-state index in [4.69, 9.17) is 0 Å². The fourth-order valence-corrected chi connectivity index (χ4v) is 3.37. The van der Waals surface area contributed by atoms with E-state index in [1.807, 2.05) is 0 Å². The molecule has 1 aliphatic carbocycles. The zero-order valence-electron chi connectivity index (χ0n) is 12.5. The van der Waals surface area contributed by atoms with E-state index in [-0.39, 0.29) is 0 Å². The van der Waals surface area contributed by atoms with Gasteiger partial charge in [-0.15, -0.1) is 0 Å². The van der Waals surface area contributed by atoms with Gasteiger partial charge in [-0.2, -0.15) is 0 Å². The zero-order chi connectivity index (χ0) is 12.8. The quantitative estimate of drug-likeness (QED) is 0.741. The van der Waals surface area contributed by atoms with E-state index in [1.54, 1.807) is 0 Å². The van der Waals surface area contributed by atoms with Gasteiger partial charge in [-0.1, -0.05) is 33.1 Å². The van der Waals surface area contributed by atoms with Crippen molar-refractivity contribution in [1.82, 2.24) is 9.80 Å². The molecule has 0 aromatic rings. The van der Waals surface area contributed by atoms with Crippen molar-refractivity contribution in [2.75, 3.05) is 39.3 Å². The Balaban J connectivity index is 1.60. The summed E-state index contributed by atoms with van der Waals surface area (Å²) < 4.78 is 0. The first-order chi connectivity index (χ1) is 8.74. The van der Waals surface area contributed by atoms with E-state index in [0.717, 1.165) is 11.8 Å². The fraction of sp³-hybridized carbons (Fsp3) is 1.00. The Morgan fingerprint density at radius 2 is 1.50 bits per heavy atom. The van der Waals surface area contributed by atoms with Crippen LogP contribution in [-0.2, 0) is 0 Å². The summed E-state index contributed by atoms with van der Waals surface area (Å²) in [6.07, 6.45) is 8.81. The molecule has 2 rings (SSSR count). The molecule has 2 fully saturated rings. The topological polar surface area (TPSA) is 6.48 Å². The molecule has 2 aliphatic rings. The van der Waals surface area contributed by atoms with Crippen molar-refractivity contribution < 1.29 is 0 Å². The molecule has 0 amide bonds. The second kappa shape index (κ2) is 7.49. The molecule has 2 nitrogen and oxygen atoms in total. The van der Waals surface area contributed by atoms with Gasteiger partial charge in [-0.25, -0.2) is 0 Å². The van der Waals surface area contributed by atoms with E-state index >= 15 is 0 Å². The monoisotopic (exact) mass is 252 g/mol. The number of piperazine rings is 1. The summed E-state index contributed by atoms with van der Waals surface area (Å²) in [5.74, 6) is 1.87. The summed E-state index contributed by atoms with van der Waals surface area (Å²) in [4.78, 5) is 5.39. The molecule has 1 heterocycles. The third-order valence-corrected chi connectivity index (χ3v) is 4.73. The lowest BCUT2D eigenvalue weighted by Crippen LogP contribution is -2.48. The van der Waals surface area contributed by atoms with Crippen LogP contribution in [0.4, 0.5) is 0 Å². The molecule has 0 aromatic carbocycles. The summed E-state index contributed by atoms with van der Waals surface area (Å²) in [6, 6.07) is 0. The lowest BCUT2D eigenvalue weighted by atomic mass is 9.89. The molecular formula is C16H32N2. The van der Waals surface area contributed by atoms with Gasteiger partial charge >= 0.3 is 0 Å². The average molecular weight is 252 g/mol. The fourth-order valence-electron chi connectivity index (χ4n) is 3.37. The van der Waals surface area contributed by atoms with E-state index in [2.05, 4.69) is 23.6 Å². The van der Waals surface area contributed by atoms with Crippen LogP contribution in [0.15, 0.2) is 0 Å². The van der Waals surface area contributed by atoms with Crippen LogP contribution in [0.3, 0.4) is 0 Å². The van der Waals surface area contributed by atoms with Crippen molar-refractivity contribution in [3.63, 3.8) is 0 Å². The van der Waals surface area contributed by atoms with Crippen molar-refractivity contribution in [2.24, 2.45) is 11.8 Å². The van der Waals surface area contributed by atoms with Gasteiger partial charge in [-0.05, 0) is 37.6 Å². The number of hydrogen-bond acceptors (Lipinski definition) is 2. The zero-order valence-corrected chi connectivity index (χ0v) is 12.5. The first-order valence-electron chi connectivity index (χ1n) is 8.19. The molecule has 1 saturated carbocycles. The minimum absolute atomic E-state index is 0.852. The maximum absolute atomic E-state index is 2.72. The van der Waals surface area contributed by atoms with Crippen LogP contribution in [0.1, 0.15) is 52.4 Å². The first kappa shape index (κ1) is 14.3. The standard InChI is InChI=1S/C16H32N2/c1-15(2)8-9-17-10-12-18(13-11-17)14-16-6-4-3-5-7-16/h15-16H,3-14H2,1-2H3. The van der Waals surface area contributed by atoms with Gasteiger partial charge in [0.25, 0.3) is 0 Å². The maximum atomic E-state index is 2.72. The molecule has 0 radical (unpaired) electrons. The van der Waals surface area contributed by atoms with E-state index in [9.17, 15) is 0 Å². The molecule has 1 saturated heterocycles. The molecule has 18 heavy (non-hydrogen) atoms. The number of hydrogen-bond donors (Lipinski definition) is 0. The second-order valence-electron chi connectivity index (χ2n) is 6.83. The van der Waals surface area contributed by atoms with Gasteiger partial charge in [0.2, 0.25) is 0 Å². The molecule has 0 spiro atoms. The van der Waals surface area contributed by atoms with Crippen LogP contribution >= 0.6 is 0 Å². The van der Waals surface area contributed by atoms with Gasteiger partial charge in [0.05, 0.1) is 0 Å². The predicted octanol–water partition coefficient (Wildman–Crippen LogP) is 3.23. The van der Waals surface area contributed by atoms with E-state index in [1.165, 1.54) is 77.8 Å². The smallest absolute Gasteiger partial charge is 0.0110 e. The molecule has 0 N–H and O–H groups in total. The van der Waals surface area contributed by atoms with E-state index in [0.29, 0.717) is 0 Å². The highest BCUT2D eigenvalue weighted by Crippen LogP contribution is 2.24. The Kier molecular flexibility index (Phi) is 5.97. The number of rotatable bonds is 5. The molecule has 106 valence electrons. The van der Waals surface area contributed by atoms with Gasteiger partial charge in [0.15, 0.2) is 0 Å². The minimum atomic E-state index is 0.852. The van der Waals surface area contributed by atoms with Crippen molar-refractivity contribution in [3.8, 4) is 0 Å². The molecule has 2 heteroatoms. The largest absolute Gasteiger partial charge is 0.301 e. The number of nitrogens with zero attached hydrogens (tertiary/aromatic N) is 2. The molecular weight excluding hydrogens is 220 g/mol. The van der Waals surface area contributed by atoms with E-state index < -0.39 is 0 Å². The van der Waals surface area contributed by atoms with Crippen LogP contribution < -0.4 is 0 Å². The van der Waals surface area contributed by atoms with Gasteiger partial charge in [-0.3, -0.25) is 0 Å². The lowest BCUT2D eigenvalue weighted by molar-refractivity contribution is 0.106. The summed E-state index contributed by atoms with van der Waals surface area (Å²) in [6.45, 7) is 12.6. The van der Waals surface area contributed by atoms with Gasteiger partial charge < -0.3 is 9.80 Å². The van der Waals surface area contributed by atoms with Crippen molar-refractivity contribution >= 4 is 0 Å². The van der Waals surface area contributed by atoms with Crippen LogP contribution in [-0.4, -0.2) is 49.1 Å². The van der Waals surface area contributed by atoms with Crippen molar-refractivity contribution in [2.45, 2.75) is 52.4 Å². The Bertz CT molecular complexity index is 213. The van der Waals surface area contributed by atoms with Gasteiger partial charge in [0.1, 0.15) is 0 Å². The normalized spacial score (nSPS) is 24.8. The third-order valence-electron chi connectivity index (χ3n) is 4.73. The Labute approximate surface area is 114 Å².